The number of carbonyl (C=O) groups is 1. The van der Waals surface area contributed by atoms with Crippen molar-refractivity contribution in [1.29, 1.82) is 0 Å². The van der Waals surface area contributed by atoms with Crippen LogP contribution in [-0.2, 0) is 17.9 Å². The van der Waals surface area contributed by atoms with Gasteiger partial charge in [0, 0.05) is 17.1 Å². The van der Waals surface area contributed by atoms with Gasteiger partial charge in [-0.3, -0.25) is 4.79 Å². The van der Waals surface area contributed by atoms with Crippen molar-refractivity contribution in [2.24, 2.45) is 0 Å². The maximum atomic E-state index is 11.3. The average Bonchev–Trinajstić information content (AvgIpc) is 2.56. The first-order valence-corrected chi connectivity index (χ1v) is 4.82. The third-order valence-corrected chi connectivity index (χ3v) is 2.74. The number of aromatic nitrogens is 1. The van der Waals surface area contributed by atoms with E-state index in [-0.39, 0.29) is 11.7 Å². The van der Waals surface area contributed by atoms with Gasteiger partial charge in [-0.2, -0.15) is 0 Å². The molecule has 0 aliphatic carbocycles. The van der Waals surface area contributed by atoms with Gasteiger partial charge in [0.15, 0.2) is 0 Å². The van der Waals surface area contributed by atoms with Crippen LogP contribution in [0.4, 0.5) is 0 Å². The lowest BCUT2D eigenvalue weighted by atomic mass is 10.2. The van der Waals surface area contributed by atoms with Crippen LogP contribution in [0.1, 0.15) is 5.69 Å². The highest BCUT2D eigenvalue weighted by atomic mass is 16.3. The number of carbonyl (C=O) groups excluding carboxylic acids is 1. The topological polar surface area (TPSA) is 54.3 Å². The minimum atomic E-state index is 0.0170. The monoisotopic (exact) mass is 202 g/mol. The highest BCUT2D eigenvalue weighted by molar-refractivity contribution is 5.86. The molecule has 1 amide bonds. The van der Waals surface area contributed by atoms with Gasteiger partial charge in [-0.1, -0.05) is 0 Å². The Kier molecular flexibility index (Phi) is 1.54. The van der Waals surface area contributed by atoms with Crippen LogP contribution >= 0.6 is 0 Å². The number of phenolic OH excluding ortho intramolecular Hbond substituents is 1. The number of phenols is 1. The Balaban J connectivity index is 2.30. The molecule has 0 saturated heterocycles. The Morgan fingerprint density at radius 1 is 1.33 bits per heavy atom. The fraction of sp³-hybridized carbons (Fsp3) is 0.182. The van der Waals surface area contributed by atoms with Crippen molar-refractivity contribution in [3.8, 4) is 5.75 Å². The molecule has 0 unspecified atom stereocenters. The van der Waals surface area contributed by atoms with E-state index in [1.807, 2.05) is 16.7 Å². The summed E-state index contributed by atoms with van der Waals surface area (Å²) in [5, 5.41) is 13.2. The SMILES string of the molecule is O=C1Cn2c(cc3ccc(O)cc32)CN1. The van der Waals surface area contributed by atoms with E-state index < -0.39 is 0 Å². The summed E-state index contributed by atoms with van der Waals surface area (Å²) in [6.07, 6.45) is 0. The van der Waals surface area contributed by atoms with Crippen molar-refractivity contribution in [3.63, 3.8) is 0 Å². The Hall–Kier alpha value is -1.97. The molecule has 15 heavy (non-hydrogen) atoms. The molecule has 0 radical (unpaired) electrons. The van der Waals surface area contributed by atoms with E-state index in [0.29, 0.717) is 13.1 Å². The van der Waals surface area contributed by atoms with Gasteiger partial charge in [-0.05, 0) is 18.2 Å². The van der Waals surface area contributed by atoms with Gasteiger partial charge in [0.2, 0.25) is 5.91 Å². The molecule has 1 aromatic heterocycles. The minimum Gasteiger partial charge on any atom is -0.508 e. The first kappa shape index (κ1) is 8.35. The first-order valence-electron chi connectivity index (χ1n) is 4.82. The molecule has 0 atom stereocenters. The highest BCUT2D eigenvalue weighted by Gasteiger charge is 2.17. The van der Waals surface area contributed by atoms with Crippen molar-refractivity contribution in [2.45, 2.75) is 13.1 Å². The molecular weight excluding hydrogens is 192 g/mol. The summed E-state index contributed by atoms with van der Waals surface area (Å²) >= 11 is 0. The standard InChI is InChI=1S/C11H10N2O2/c14-9-2-1-7-3-8-5-12-11(15)6-13(8)10(7)4-9/h1-4,14H,5-6H2,(H,12,15). The third kappa shape index (κ3) is 1.18. The number of amides is 1. The Morgan fingerprint density at radius 2 is 2.20 bits per heavy atom. The second kappa shape index (κ2) is 2.76. The number of hydrogen-bond acceptors (Lipinski definition) is 2. The van der Waals surface area contributed by atoms with Crippen molar-refractivity contribution in [3.05, 3.63) is 30.0 Å². The molecule has 1 aliphatic rings. The van der Waals surface area contributed by atoms with Gasteiger partial charge in [-0.25, -0.2) is 0 Å². The summed E-state index contributed by atoms with van der Waals surface area (Å²) in [5.74, 6) is 0.248. The summed E-state index contributed by atoms with van der Waals surface area (Å²) in [4.78, 5) is 11.3. The average molecular weight is 202 g/mol. The van der Waals surface area contributed by atoms with Crippen LogP contribution in [0.25, 0.3) is 10.9 Å². The summed E-state index contributed by atoms with van der Waals surface area (Å²) < 4.78 is 1.94. The molecular formula is C11H10N2O2. The van der Waals surface area contributed by atoms with Crippen LogP contribution in [0.5, 0.6) is 5.75 Å². The predicted octanol–water partition coefficient (Wildman–Crippen LogP) is 0.977. The van der Waals surface area contributed by atoms with E-state index in [9.17, 15) is 9.90 Å². The fourth-order valence-electron chi connectivity index (χ4n) is 2.02. The molecule has 0 fully saturated rings. The van der Waals surface area contributed by atoms with Crippen LogP contribution in [0, 0.1) is 0 Å². The summed E-state index contributed by atoms with van der Waals surface area (Å²) in [6.45, 7) is 0.899. The number of aromatic hydroxyl groups is 1. The van der Waals surface area contributed by atoms with Crippen molar-refractivity contribution in [1.82, 2.24) is 9.88 Å². The van der Waals surface area contributed by atoms with Crippen LogP contribution in [0.15, 0.2) is 24.3 Å². The third-order valence-electron chi connectivity index (χ3n) is 2.74. The lowest BCUT2D eigenvalue weighted by Gasteiger charge is -2.16. The van der Waals surface area contributed by atoms with Crippen molar-refractivity contribution >= 4 is 16.8 Å². The second-order valence-electron chi connectivity index (χ2n) is 3.74. The molecule has 3 rings (SSSR count). The summed E-state index contributed by atoms with van der Waals surface area (Å²) in [6, 6.07) is 7.25. The molecule has 1 aromatic carbocycles. The zero-order valence-corrected chi connectivity index (χ0v) is 8.03. The molecule has 0 saturated carbocycles. The van der Waals surface area contributed by atoms with Crippen LogP contribution in [-0.4, -0.2) is 15.6 Å². The molecule has 1 aliphatic heterocycles. The van der Waals surface area contributed by atoms with E-state index in [4.69, 9.17) is 0 Å². The molecule has 0 spiro atoms. The number of nitrogens with one attached hydrogen (secondary N) is 1. The van der Waals surface area contributed by atoms with Gasteiger partial charge in [0.1, 0.15) is 12.3 Å². The summed E-state index contributed by atoms with van der Waals surface area (Å²) in [5.41, 5.74) is 2.00. The van der Waals surface area contributed by atoms with Gasteiger partial charge < -0.3 is 15.0 Å². The quantitative estimate of drug-likeness (QED) is 0.669. The molecule has 2 heterocycles. The van der Waals surface area contributed by atoms with E-state index in [1.54, 1.807) is 12.1 Å². The Morgan fingerprint density at radius 3 is 3.07 bits per heavy atom. The molecule has 2 N–H and O–H groups in total. The van der Waals surface area contributed by atoms with E-state index in [0.717, 1.165) is 16.6 Å². The maximum Gasteiger partial charge on any atom is 0.240 e. The fourth-order valence-corrected chi connectivity index (χ4v) is 2.02. The highest BCUT2D eigenvalue weighted by Crippen LogP contribution is 2.25. The van der Waals surface area contributed by atoms with Gasteiger partial charge in [0.25, 0.3) is 0 Å². The zero-order chi connectivity index (χ0) is 10.4. The van der Waals surface area contributed by atoms with Crippen LogP contribution in [0.2, 0.25) is 0 Å². The van der Waals surface area contributed by atoms with Crippen molar-refractivity contribution < 1.29 is 9.90 Å². The summed E-state index contributed by atoms with van der Waals surface area (Å²) in [7, 11) is 0. The van der Waals surface area contributed by atoms with Crippen LogP contribution < -0.4 is 5.32 Å². The smallest absolute Gasteiger partial charge is 0.240 e. The number of nitrogens with zero attached hydrogens (tertiary/aromatic N) is 1. The normalized spacial score (nSPS) is 15.1. The number of benzene rings is 1. The van der Waals surface area contributed by atoms with E-state index in [1.165, 1.54) is 0 Å². The Bertz CT molecular complexity index is 557. The maximum absolute atomic E-state index is 11.3. The molecule has 4 nitrogen and oxygen atoms in total. The van der Waals surface area contributed by atoms with Crippen molar-refractivity contribution in [2.75, 3.05) is 0 Å². The van der Waals surface area contributed by atoms with Crippen LogP contribution in [0.3, 0.4) is 0 Å². The predicted molar refractivity (Wildman–Crippen MR) is 55.4 cm³/mol. The molecule has 2 aromatic rings. The molecule has 0 bridgehead atoms. The number of hydrogen-bond donors (Lipinski definition) is 2. The number of rotatable bonds is 0. The lowest BCUT2D eigenvalue weighted by molar-refractivity contribution is -0.122. The van der Waals surface area contributed by atoms with Gasteiger partial charge in [-0.15, -0.1) is 0 Å². The minimum absolute atomic E-state index is 0.0170. The second-order valence-corrected chi connectivity index (χ2v) is 3.74. The Labute approximate surface area is 86.1 Å². The molecule has 76 valence electrons. The first-order chi connectivity index (χ1) is 7.24. The van der Waals surface area contributed by atoms with E-state index in [2.05, 4.69) is 5.32 Å². The number of fused-ring (bicyclic) bond motifs is 3. The molecule has 4 heteroatoms. The largest absolute Gasteiger partial charge is 0.508 e. The van der Waals surface area contributed by atoms with Gasteiger partial charge >= 0.3 is 0 Å². The van der Waals surface area contributed by atoms with E-state index >= 15 is 0 Å². The van der Waals surface area contributed by atoms with Gasteiger partial charge in [0.05, 0.1) is 12.1 Å². The lowest BCUT2D eigenvalue weighted by Crippen LogP contribution is -2.33. The zero-order valence-electron chi connectivity index (χ0n) is 8.03.